The first-order chi connectivity index (χ1) is 10.4. The maximum absolute atomic E-state index is 12.3. The predicted octanol–water partition coefficient (Wildman–Crippen LogP) is 4.99. The van der Waals surface area contributed by atoms with Gasteiger partial charge in [0.15, 0.2) is 5.78 Å². The van der Waals surface area contributed by atoms with Crippen molar-refractivity contribution < 1.29 is 14.3 Å². The molecule has 0 fully saturated rings. The van der Waals surface area contributed by atoms with Crippen molar-refractivity contribution in [2.75, 3.05) is 5.33 Å². The van der Waals surface area contributed by atoms with Crippen molar-refractivity contribution in [2.24, 2.45) is 0 Å². The maximum Gasteiger partial charge on any atom is 0.177 e. The predicted molar refractivity (Wildman–Crippen MR) is 93.6 cm³/mol. The van der Waals surface area contributed by atoms with Crippen LogP contribution >= 0.6 is 15.9 Å². The largest absolute Gasteiger partial charge is 0.490 e. The number of fused-ring (bicyclic) bond motifs is 1. The summed E-state index contributed by atoms with van der Waals surface area (Å²) >= 11 is 3.25. The average molecular weight is 365 g/mol. The van der Waals surface area contributed by atoms with Gasteiger partial charge in [0.2, 0.25) is 0 Å². The number of halogens is 1. The van der Waals surface area contributed by atoms with Crippen LogP contribution in [-0.4, -0.2) is 23.3 Å². The van der Waals surface area contributed by atoms with Crippen molar-refractivity contribution in [1.29, 1.82) is 0 Å². The minimum atomic E-state index is -0.0185. The Morgan fingerprint density at radius 3 is 2.18 bits per heavy atom. The van der Waals surface area contributed by atoms with Crippen LogP contribution in [0.1, 0.15) is 38.1 Å². The molecule has 0 unspecified atom stereocenters. The van der Waals surface area contributed by atoms with Gasteiger partial charge in [-0.05, 0) is 33.8 Å². The molecule has 118 valence electrons. The highest BCUT2D eigenvalue weighted by Crippen LogP contribution is 2.38. The van der Waals surface area contributed by atoms with Crippen LogP contribution in [0, 0.1) is 0 Å². The van der Waals surface area contributed by atoms with Crippen LogP contribution in [0.2, 0.25) is 0 Å². The van der Waals surface area contributed by atoms with Gasteiger partial charge >= 0.3 is 0 Å². The van der Waals surface area contributed by atoms with Crippen molar-refractivity contribution in [1.82, 2.24) is 0 Å². The Kier molecular flexibility index (Phi) is 5.46. The number of ether oxygens (including phenoxy) is 2. The van der Waals surface area contributed by atoms with Gasteiger partial charge < -0.3 is 9.47 Å². The Hall–Kier alpha value is -1.55. The van der Waals surface area contributed by atoms with Crippen molar-refractivity contribution in [3.63, 3.8) is 0 Å². The Morgan fingerprint density at radius 1 is 1.05 bits per heavy atom. The normalized spacial score (nSPS) is 11.2. The lowest BCUT2D eigenvalue weighted by atomic mass is 10.0. The molecule has 0 heterocycles. The fourth-order valence-electron chi connectivity index (χ4n) is 2.31. The maximum atomic E-state index is 12.3. The fourth-order valence-corrected chi connectivity index (χ4v) is 2.61. The van der Waals surface area contributed by atoms with Gasteiger partial charge in [0.25, 0.3) is 0 Å². The van der Waals surface area contributed by atoms with Gasteiger partial charge in [0.05, 0.1) is 23.1 Å². The zero-order valence-corrected chi connectivity index (χ0v) is 14.9. The second kappa shape index (κ2) is 7.14. The lowest BCUT2D eigenvalue weighted by Crippen LogP contribution is -2.13. The molecule has 4 heteroatoms. The van der Waals surface area contributed by atoms with E-state index >= 15 is 0 Å². The highest BCUT2D eigenvalue weighted by Gasteiger charge is 2.20. The number of benzene rings is 2. The number of ketones is 1. The number of rotatable bonds is 6. The van der Waals surface area contributed by atoms with E-state index in [1.807, 2.05) is 52.0 Å². The van der Waals surface area contributed by atoms with E-state index in [1.54, 1.807) is 6.07 Å². The molecule has 0 N–H and O–H groups in total. The van der Waals surface area contributed by atoms with E-state index < -0.39 is 0 Å². The number of hydrogen-bond donors (Lipinski definition) is 0. The second-order valence-electron chi connectivity index (χ2n) is 5.69. The van der Waals surface area contributed by atoms with Gasteiger partial charge in [-0.1, -0.05) is 40.2 Å². The van der Waals surface area contributed by atoms with Gasteiger partial charge in [-0.2, -0.15) is 0 Å². The molecule has 0 saturated heterocycles. The minimum Gasteiger partial charge on any atom is -0.490 e. The molecule has 0 saturated carbocycles. The summed E-state index contributed by atoms with van der Waals surface area (Å²) < 4.78 is 11.8. The van der Waals surface area contributed by atoms with Crippen molar-refractivity contribution in [2.45, 2.75) is 39.9 Å². The summed E-state index contributed by atoms with van der Waals surface area (Å²) in [5, 5.41) is 2.11. The highest BCUT2D eigenvalue weighted by molar-refractivity contribution is 9.09. The number of hydrogen-bond acceptors (Lipinski definition) is 3. The van der Waals surface area contributed by atoms with Crippen molar-refractivity contribution in [3.8, 4) is 11.5 Å². The lowest BCUT2D eigenvalue weighted by molar-refractivity contribution is 0.101. The van der Waals surface area contributed by atoms with Crippen molar-refractivity contribution >= 4 is 32.5 Å². The van der Waals surface area contributed by atoms with E-state index in [9.17, 15) is 4.79 Å². The van der Waals surface area contributed by atoms with Crippen LogP contribution < -0.4 is 9.47 Å². The standard InChI is InChI=1S/C18H21BrO3/c1-11(2)21-17-9-15(16(20)10-19)18(22-12(3)4)14-8-6-5-7-13(14)17/h5-9,11-12H,10H2,1-4H3. The van der Waals surface area contributed by atoms with Crippen molar-refractivity contribution in [3.05, 3.63) is 35.9 Å². The third kappa shape index (κ3) is 3.61. The zero-order chi connectivity index (χ0) is 16.3. The van der Waals surface area contributed by atoms with Crippen LogP contribution in [0.15, 0.2) is 30.3 Å². The summed E-state index contributed by atoms with van der Waals surface area (Å²) in [6.45, 7) is 7.85. The van der Waals surface area contributed by atoms with Crippen LogP contribution in [0.5, 0.6) is 11.5 Å². The minimum absolute atomic E-state index is 0.0119. The van der Waals surface area contributed by atoms with Gasteiger partial charge in [0.1, 0.15) is 11.5 Å². The molecule has 0 aliphatic heterocycles. The first-order valence-electron chi connectivity index (χ1n) is 7.42. The number of Topliss-reactive ketones (excluding diaryl/α,β-unsaturated/α-hetero) is 1. The molecule has 0 aromatic heterocycles. The molecule has 0 amide bonds. The molecular weight excluding hydrogens is 344 g/mol. The summed E-state index contributed by atoms with van der Waals surface area (Å²) in [4.78, 5) is 12.3. The average Bonchev–Trinajstić information content (AvgIpc) is 2.47. The molecule has 0 atom stereocenters. The number of alkyl halides is 1. The topological polar surface area (TPSA) is 35.5 Å². The van der Waals surface area contributed by atoms with Gasteiger partial charge in [0, 0.05) is 10.8 Å². The molecule has 2 rings (SSSR count). The molecule has 0 aliphatic carbocycles. The van der Waals surface area contributed by atoms with Gasteiger partial charge in [-0.15, -0.1) is 0 Å². The second-order valence-corrected chi connectivity index (χ2v) is 6.25. The Bertz CT molecular complexity index is 677. The Morgan fingerprint density at radius 2 is 1.64 bits per heavy atom. The molecule has 22 heavy (non-hydrogen) atoms. The van der Waals surface area contributed by atoms with E-state index in [0.29, 0.717) is 17.1 Å². The smallest absolute Gasteiger partial charge is 0.177 e. The first kappa shape index (κ1) is 16.8. The molecule has 0 spiro atoms. The van der Waals surface area contributed by atoms with Crippen LogP contribution in [0.25, 0.3) is 10.8 Å². The third-order valence-electron chi connectivity index (χ3n) is 3.10. The zero-order valence-electron chi connectivity index (χ0n) is 13.4. The first-order valence-corrected chi connectivity index (χ1v) is 8.54. The molecule has 0 bridgehead atoms. The van der Waals surface area contributed by atoms with Crippen LogP contribution in [0.3, 0.4) is 0 Å². The van der Waals surface area contributed by atoms with E-state index in [1.165, 1.54) is 0 Å². The quantitative estimate of drug-likeness (QED) is 0.534. The van der Waals surface area contributed by atoms with Crippen LogP contribution in [-0.2, 0) is 0 Å². The molecule has 3 nitrogen and oxygen atoms in total. The summed E-state index contributed by atoms with van der Waals surface area (Å²) in [6, 6.07) is 9.65. The lowest BCUT2D eigenvalue weighted by Gasteiger charge is -2.19. The molecule has 2 aromatic carbocycles. The molecule has 2 aromatic rings. The summed E-state index contributed by atoms with van der Waals surface area (Å²) in [5.74, 6) is 1.33. The summed E-state index contributed by atoms with van der Waals surface area (Å²) in [5.41, 5.74) is 0.555. The summed E-state index contributed by atoms with van der Waals surface area (Å²) in [7, 11) is 0. The van der Waals surface area contributed by atoms with Crippen LogP contribution in [0.4, 0.5) is 0 Å². The Balaban J connectivity index is 2.74. The number of carbonyl (C=O) groups excluding carboxylic acids is 1. The van der Waals surface area contributed by atoms with E-state index in [-0.39, 0.29) is 23.3 Å². The SMILES string of the molecule is CC(C)Oc1cc(C(=O)CBr)c(OC(C)C)c2ccccc12. The highest BCUT2D eigenvalue weighted by atomic mass is 79.9. The van der Waals surface area contributed by atoms with E-state index in [0.717, 1.165) is 10.8 Å². The van der Waals surface area contributed by atoms with Gasteiger partial charge in [-0.3, -0.25) is 4.79 Å². The van der Waals surface area contributed by atoms with E-state index in [2.05, 4.69) is 15.9 Å². The molecule has 0 aliphatic rings. The summed E-state index contributed by atoms with van der Waals surface area (Å²) in [6.07, 6.45) is 0.0225. The van der Waals surface area contributed by atoms with E-state index in [4.69, 9.17) is 9.47 Å². The third-order valence-corrected chi connectivity index (χ3v) is 3.60. The van der Waals surface area contributed by atoms with Gasteiger partial charge in [-0.25, -0.2) is 0 Å². The monoisotopic (exact) mass is 364 g/mol. The number of carbonyl (C=O) groups is 1. The molecular formula is C18H21BrO3. The molecule has 0 radical (unpaired) electrons. The fraction of sp³-hybridized carbons (Fsp3) is 0.389. The Labute approximate surface area is 139 Å².